The molecule has 0 saturated carbocycles. The van der Waals surface area contributed by atoms with E-state index in [-0.39, 0.29) is 6.61 Å². The van der Waals surface area contributed by atoms with Gasteiger partial charge in [-0.3, -0.25) is 9.59 Å². The van der Waals surface area contributed by atoms with Crippen LogP contribution in [0.5, 0.6) is 0 Å². The summed E-state index contributed by atoms with van der Waals surface area (Å²) in [6.45, 7) is 2.68. The highest BCUT2D eigenvalue weighted by atomic mass is 16.6. The Morgan fingerprint density at radius 2 is 1.70 bits per heavy atom. The molecule has 0 amide bonds. The molecule has 0 aliphatic carbocycles. The molecule has 1 atom stereocenters. The highest BCUT2D eigenvalue weighted by Gasteiger charge is 2.18. The van der Waals surface area contributed by atoms with Crippen LogP contribution in [0.15, 0.2) is 42.5 Å². The minimum absolute atomic E-state index is 0.0168. The second kappa shape index (κ2) is 6.19. The Kier molecular flexibility index (Phi) is 4.35. The van der Waals surface area contributed by atoms with Crippen molar-refractivity contribution >= 4 is 22.7 Å². The summed E-state index contributed by atoms with van der Waals surface area (Å²) in [6.07, 6.45) is -0.595. The monoisotopic (exact) mass is 272 g/mol. The Morgan fingerprint density at radius 3 is 2.40 bits per heavy atom. The van der Waals surface area contributed by atoms with Crippen molar-refractivity contribution in [2.24, 2.45) is 0 Å². The first kappa shape index (κ1) is 14.1. The molecule has 20 heavy (non-hydrogen) atoms. The molecule has 0 aliphatic rings. The van der Waals surface area contributed by atoms with E-state index in [4.69, 9.17) is 9.47 Å². The van der Waals surface area contributed by atoms with Gasteiger partial charge in [0.25, 0.3) is 0 Å². The third-order valence-corrected chi connectivity index (χ3v) is 2.92. The second-order valence-electron chi connectivity index (χ2n) is 4.47. The van der Waals surface area contributed by atoms with Crippen molar-refractivity contribution in [2.45, 2.75) is 20.0 Å². The van der Waals surface area contributed by atoms with Gasteiger partial charge in [-0.2, -0.15) is 0 Å². The zero-order chi connectivity index (χ0) is 14.5. The maximum Gasteiger partial charge on any atom is 0.303 e. The fraction of sp³-hybridized carbons (Fsp3) is 0.250. The number of fused-ring (bicyclic) bond motifs is 1. The molecule has 0 spiro atoms. The van der Waals surface area contributed by atoms with Gasteiger partial charge in [-0.1, -0.05) is 42.5 Å². The number of benzene rings is 2. The zero-order valence-electron chi connectivity index (χ0n) is 11.5. The molecule has 1 unspecified atom stereocenters. The molecule has 0 saturated heterocycles. The molecule has 0 fully saturated rings. The van der Waals surface area contributed by atoms with Crippen molar-refractivity contribution in [1.29, 1.82) is 0 Å². The van der Waals surface area contributed by atoms with Crippen LogP contribution in [0, 0.1) is 0 Å². The van der Waals surface area contributed by atoms with Crippen LogP contribution in [0.2, 0.25) is 0 Å². The molecule has 0 radical (unpaired) electrons. The SMILES string of the molecule is CC(=O)OCC(OC(C)=O)c1cccc2ccccc12. The number of rotatable bonds is 4. The van der Waals surface area contributed by atoms with Gasteiger partial charge >= 0.3 is 11.9 Å². The van der Waals surface area contributed by atoms with E-state index < -0.39 is 18.0 Å². The zero-order valence-corrected chi connectivity index (χ0v) is 11.5. The highest BCUT2D eigenvalue weighted by molar-refractivity contribution is 5.86. The van der Waals surface area contributed by atoms with Gasteiger partial charge in [0.05, 0.1) is 0 Å². The lowest BCUT2D eigenvalue weighted by Crippen LogP contribution is -2.16. The number of esters is 2. The molecule has 0 aliphatic heterocycles. The molecule has 0 N–H and O–H groups in total. The molecular weight excluding hydrogens is 256 g/mol. The minimum atomic E-state index is -0.595. The van der Waals surface area contributed by atoms with E-state index in [1.807, 2.05) is 42.5 Å². The molecule has 2 aromatic rings. The molecule has 2 rings (SSSR count). The van der Waals surface area contributed by atoms with Crippen LogP contribution in [-0.4, -0.2) is 18.5 Å². The number of carbonyl (C=O) groups excluding carboxylic acids is 2. The molecule has 0 bridgehead atoms. The van der Waals surface area contributed by atoms with E-state index in [1.54, 1.807) is 0 Å². The average molecular weight is 272 g/mol. The quantitative estimate of drug-likeness (QED) is 0.803. The maximum atomic E-state index is 11.2. The van der Waals surface area contributed by atoms with Gasteiger partial charge in [0.2, 0.25) is 0 Å². The van der Waals surface area contributed by atoms with E-state index in [0.717, 1.165) is 16.3 Å². The number of hydrogen-bond acceptors (Lipinski definition) is 4. The largest absolute Gasteiger partial charge is 0.462 e. The fourth-order valence-electron chi connectivity index (χ4n) is 2.11. The predicted octanol–water partition coefficient (Wildman–Crippen LogP) is 3.01. The molecule has 104 valence electrons. The van der Waals surface area contributed by atoms with Crippen molar-refractivity contribution in [3.8, 4) is 0 Å². The first-order valence-electron chi connectivity index (χ1n) is 6.36. The van der Waals surface area contributed by atoms with Crippen LogP contribution in [-0.2, 0) is 19.1 Å². The van der Waals surface area contributed by atoms with Crippen LogP contribution in [0.1, 0.15) is 25.5 Å². The highest BCUT2D eigenvalue weighted by Crippen LogP contribution is 2.27. The Morgan fingerprint density at radius 1 is 1.00 bits per heavy atom. The first-order valence-corrected chi connectivity index (χ1v) is 6.36. The Balaban J connectivity index is 2.39. The van der Waals surface area contributed by atoms with Crippen LogP contribution >= 0.6 is 0 Å². The van der Waals surface area contributed by atoms with Gasteiger partial charge in [-0.15, -0.1) is 0 Å². The molecule has 0 heterocycles. The third-order valence-electron chi connectivity index (χ3n) is 2.92. The number of carbonyl (C=O) groups is 2. The van der Waals surface area contributed by atoms with Crippen molar-refractivity contribution in [3.05, 3.63) is 48.0 Å². The summed E-state index contributed by atoms with van der Waals surface area (Å²) < 4.78 is 10.3. The number of hydrogen-bond donors (Lipinski definition) is 0. The third kappa shape index (κ3) is 3.35. The summed E-state index contributed by atoms with van der Waals surface area (Å²) in [5.41, 5.74) is 0.833. The average Bonchev–Trinajstić information content (AvgIpc) is 2.42. The van der Waals surface area contributed by atoms with E-state index >= 15 is 0 Å². The van der Waals surface area contributed by atoms with Crippen LogP contribution in [0.3, 0.4) is 0 Å². The summed E-state index contributed by atoms with van der Waals surface area (Å²) >= 11 is 0. The summed E-state index contributed by atoms with van der Waals surface area (Å²) in [5, 5.41) is 2.03. The van der Waals surface area contributed by atoms with Crippen molar-refractivity contribution in [2.75, 3.05) is 6.61 Å². The normalized spacial score (nSPS) is 11.9. The number of ether oxygens (including phenoxy) is 2. The lowest BCUT2D eigenvalue weighted by atomic mass is 10.0. The van der Waals surface area contributed by atoms with Gasteiger partial charge in [-0.25, -0.2) is 0 Å². The van der Waals surface area contributed by atoms with Gasteiger partial charge in [0.15, 0.2) is 6.10 Å². The topological polar surface area (TPSA) is 52.6 Å². The predicted molar refractivity (Wildman–Crippen MR) is 75.1 cm³/mol. The summed E-state index contributed by atoms with van der Waals surface area (Å²) in [5.74, 6) is -0.808. The van der Waals surface area contributed by atoms with Crippen LogP contribution in [0.25, 0.3) is 10.8 Å². The van der Waals surface area contributed by atoms with Gasteiger partial charge in [-0.05, 0) is 10.8 Å². The Labute approximate surface area is 117 Å². The van der Waals surface area contributed by atoms with E-state index in [2.05, 4.69) is 0 Å². The minimum Gasteiger partial charge on any atom is -0.462 e. The molecule has 4 nitrogen and oxygen atoms in total. The van der Waals surface area contributed by atoms with Crippen LogP contribution in [0.4, 0.5) is 0 Å². The smallest absolute Gasteiger partial charge is 0.303 e. The van der Waals surface area contributed by atoms with Gasteiger partial charge < -0.3 is 9.47 Å². The lowest BCUT2D eigenvalue weighted by Gasteiger charge is -2.18. The van der Waals surface area contributed by atoms with Crippen molar-refractivity contribution < 1.29 is 19.1 Å². The molecule has 0 aromatic heterocycles. The molecular formula is C16H16O4. The standard InChI is InChI=1S/C16H16O4/c1-11(17)19-10-16(20-12(2)18)15-9-5-7-13-6-3-4-8-14(13)15/h3-9,16H,10H2,1-2H3. The summed E-state index contributed by atoms with van der Waals surface area (Å²) in [7, 11) is 0. The van der Waals surface area contributed by atoms with Crippen LogP contribution < -0.4 is 0 Å². The second-order valence-corrected chi connectivity index (χ2v) is 4.47. The molecule has 4 heteroatoms. The maximum absolute atomic E-state index is 11.2. The Hall–Kier alpha value is -2.36. The summed E-state index contributed by atoms with van der Waals surface area (Å²) in [6, 6.07) is 13.5. The summed E-state index contributed by atoms with van der Waals surface area (Å²) in [4.78, 5) is 22.2. The van der Waals surface area contributed by atoms with Crippen molar-refractivity contribution in [1.82, 2.24) is 0 Å². The van der Waals surface area contributed by atoms with E-state index in [0.29, 0.717) is 0 Å². The van der Waals surface area contributed by atoms with Gasteiger partial charge in [0.1, 0.15) is 6.61 Å². The lowest BCUT2D eigenvalue weighted by molar-refractivity contribution is -0.156. The van der Waals surface area contributed by atoms with Gasteiger partial charge in [0, 0.05) is 19.4 Å². The van der Waals surface area contributed by atoms with Crippen molar-refractivity contribution in [3.63, 3.8) is 0 Å². The van der Waals surface area contributed by atoms with E-state index in [9.17, 15) is 9.59 Å². The first-order chi connectivity index (χ1) is 9.58. The Bertz CT molecular complexity index is 628. The van der Waals surface area contributed by atoms with E-state index in [1.165, 1.54) is 13.8 Å². The fourth-order valence-corrected chi connectivity index (χ4v) is 2.11. The molecule has 2 aromatic carbocycles.